The Hall–Kier alpha value is -3.98. The Bertz CT molecular complexity index is 1300. The highest BCUT2D eigenvalue weighted by Crippen LogP contribution is 2.37. The summed E-state index contributed by atoms with van der Waals surface area (Å²) in [6.07, 6.45) is 3.02. The zero-order valence-electron chi connectivity index (χ0n) is 26.1. The van der Waals surface area contributed by atoms with Crippen LogP contribution < -0.4 is 10.1 Å². The van der Waals surface area contributed by atoms with Gasteiger partial charge in [-0.05, 0) is 54.2 Å². The van der Waals surface area contributed by atoms with Crippen LogP contribution in [0.25, 0.3) is 0 Å². The fraction of sp³-hybridized carbons (Fsp3) is 0.417. The number of hydrogen-bond acceptors (Lipinski definition) is 5. The summed E-state index contributed by atoms with van der Waals surface area (Å²) in [6.45, 7) is 2.68. The van der Waals surface area contributed by atoms with Gasteiger partial charge in [0.05, 0.1) is 44.3 Å². The molecular formula is C36H44F3NO5. The topological polar surface area (TPSA) is 66.0 Å². The van der Waals surface area contributed by atoms with Crippen molar-refractivity contribution >= 4 is 6.09 Å². The first-order valence-corrected chi connectivity index (χ1v) is 15.4. The van der Waals surface area contributed by atoms with E-state index < -0.39 is 23.4 Å². The van der Waals surface area contributed by atoms with Gasteiger partial charge in [-0.3, -0.25) is 0 Å². The second kappa shape index (κ2) is 18.7. The molecule has 0 fully saturated rings. The minimum atomic E-state index is -4.58. The van der Waals surface area contributed by atoms with Gasteiger partial charge in [-0.1, -0.05) is 99.3 Å². The molecule has 45 heavy (non-hydrogen) atoms. The van der Waals surface area contributed by atoms with Crippen molar-refractivity contribution in [1.82, 2.24) is 5.32 Å². The average molecular weight is 628 g/mol. The zero-order valence-corrected chi connectivity index (χ0v) is 26.1. The maximum Gasteiger partial charge on any atom is 0.419 e. The van der Waals surface area contributed by atoms with Gasteiger partial charge in [0.1, 0.15) is 12.4 Å². The fourth-order valence-electron chi connectivity index (χ4n) is 4.77. The lowest BCUT2D eigenvalue weighted by Crippen LogP contribution is -2.51. The SMILES string of the molecule is CCCCCCCOc1ccc(CCC(C=COC)(COCc2ccccc2)NC(=O)OCc2ccccc2)cc1C(F)(F)F. The number of halogens is 3. The molecule has 1 unspecified atom stereocenters. The van der Waals surface area contributed by atoms with E-state index in [2.05, 4.69) is 12.2 Å². The molecule has 0 aliphatic carbocycles. The van der Waals surface area contributed by atoms with Crippen LogP contribution in [0.4, 0.5) is 18.0 Å². The van der Waals surface area contributed by atoms with Gasteiger partial charge in [0, 0.05) is 0 Å². The third-order valence-electron chi connectivity index (χ3n) is 7.27. The maximum atomic E-state index is 14.1. The van der Waals surface area contributed by atoms with E-state index in [1.807, 2.05) is 60.7 Å². The molecule has 3 rings (SSSR count). The first-order valence-electron chi connectivity index (χ1n) is 15.4. The van der Waals surface area contributed by atoms with Crippen LogP contribution in [-0.4, -0.2) is 32.0 Å². The fourth-order valence-corrected chi connectivity index (χ4v) is 4.77. The van der Waals surface area contributed by atoms with Crippen LogP contribution in [0.2, 0.25) is 0 Å². The van der Waals surface area contributed by atoms with Crippen molar-refractivity contribution in [1.29, 1.82) is 0 Å². The third kappa shape index (κ3) is 12.9. The number of alkyl carbamates (subject to hydrolysis) is 1. The first-order chi connectivity index (χ1) is 21.7. The molecule has 0 aromatic heterocycles. The molecule has 0 aliphatic rings. The second-order valence-electron chi connectivity index (χ2n) is 11.0. The van der Waals surface area contributed by atoms with Gasteiger partial charge in [0.2, 0.25) is 0 Å². The van der Waals surface area contributed by atoms with Gasteiger partial charge < -0.3 is 24.3 Å². The lowest BCUT2D eigenvalue weighted by molar-refractivity contribution is -0.139. The number of alkyl halides is 3. The van der Waals surface area contributed by atoms with Crippen LogP contribution in [0.3, 0.4) is 0 Å². The van der Waals surface area contributed by atoms with Gasteiger partial charge in [-0.25, -0.2) is 4.79 Å². The number of aryl methyl sites for hydroxylation is 1. The summed E-state index contributed by atoms with van der Waals surface area (Å²) in [5.41, 5.74) is 0.223. The molecule has 9 heteroatoms. The third-order valence-corrected chi connectivity index (χ3v) is 7.27. The van der Waals surface area contributed by atoms with Crippen molar-refractivity contribution in [2.45, 2.75) is 76.8 Å². The summed E-state index contributed by atoms with van der Waals surface area (Å²) in [5.74, 6) is -0.180. The van der Waals surface area contributed by atoms with Crippen molar-refractivity contribution in [2.75, 3.05) is 20.3 Å². The van der Waals surface area contributed by atoms with Gasteiger partial charge in [-0.2, -0.15) is 13.2 Å². The number of nitrogens with one attached hydrogen (secondary N) is 1. The predicted molar refractivity (Wildman–Crippen MR) is 169 cm³/mol. The number of rotatable bonds is 19. The Kier molecular flexibility index (Phi) is 14.8. The highest BCUT2D eigenvalue weighted by molar-refractivity contribution is 5.69. The molecule has 0 saturated heterocycles. The van der Waals surface area contributed by atoms with Crippen LogP contribution in [0.15, 0.2) is 91.2 Å². The Balaban J connectivity index is 1.77. The van der Waals surface area contributed by atoms with Gasteiger partial charge in [0.15, 0.2) is 0 Å². The normalized spacial score (nSPS) is 12.9. The molecule has 0 radical (unpaired) electrons. The summed E-state index contributed by atoms with van der Waals surface area (Å²) >= 11 is 0. The van der Waals surface area contributed by atoms with Crippen molar-refractivity contribution in [3.63, 3.8) is 0 Å². The van der Waals surface area contributed by atoms with E-state index in [0.29, 0.717) is 12.0 Å². The van der Waals surface area contributed by atoms with Gasteiger partial charge >= 0.3 is 12.3 Å². The summed E-state index contributed by atoms with van der Waals surface area (Å²) in [5, 5.41) is 2.90. The number of methoxy groups -OCH3 is 1. The quantitative estimate of drug-likeness (QED) is 0.106. The summed E-state index contributed by atoms with van der Waals surface area (Å²) < 4.78 is 64.5. The number of amides is 1. The van der Waals surface area contributed by atoms with Gasteiger partial charge in [0.25, 0.3) is 0 Å². The number of carbonyl (C=O) groups excluding carboxylic acids is 1. The summed E-state index contributed by atoms with van der Waals surface area (Å²) in [7, 11) is 1.47. The summed E-state index contributed by atoms with van der Waals surface area (Å²) in [6, 6.07) is 22.9. The minimum Gasteiger partial charge on any atom is -0.505 e. The van der Waals surface area contributed by atoms with Crippen LogP contribution in [0.5, 0.6) is 5.75 Å². The molecule has 244 valence electrons. The standard InChI is InChI=1S/C36H44F3NO5/c1-3-4-5-6-13-23-44-33-19-18-29(25-32(33)36(37,38)39)20-21-35(22-24-42-2,28-43-26-30-14-9-7-10-15-30)40-34(41)45-27-31-16-11-8-12-17-31/h7-12,14-19,22,24-25H,3-6,13,20-21,23,26-28H2,1-2H3,(H,40,41). The molecule has 1 amide bonds. The minimum absolute atomic E-state index is 0.0214. The molecular weight excluding hydrogens is 583 g/mol. The van der Waals surface area contributed by atoms with Crippen LogP contribution >= 0.6 is 0 Å². The van der Waals surface area contributed by atoms with E-state index in [-0.39, 0.29) is 45.0 Å². The lowest BCUT2D eigenvalue weighted by atomic mass is 9.91. The monoisotopic (exact) mass is 627 g/mol. The van der Waals surface area contributed by atoms with Crippen molar-refractivity contribution in [3.8, 4) is 5.75 Å². The summed E-state index contributed by atoms with van der Waals surface area (Å²) in [4.78, 5) is 13.0. The van der Waals surface area contributed by atoms with Crippen LogP contribution in [0.1, 0.15) is 67.7 Å². The molecule has 0 aliphatic heterocycles. The molecule has 0 spiro atoms. The van der Waals surface area contributed by atoms with Crippen LogP contribution in [0, 0.1) is 0 Å². The van der Waals surface area contributed by atoms with Gasteiger partial charge in [-0.15, -0.1) is 0 Å². The molecule has 1 atom stereocenters. The lowest BCUT2D eigenvalue weighted by Gasteiger charge is -2.31. The molecule has 3 aromatic rings. The Labute approximate surface area is 264 Å². The van der Waals surface area contributed by atoms with E-state index in [4.69, 9.17) is 18.9 Å². The molecule has 3 aromatic carbocycles. The highest BCUT2D eigenvalue weighted by atomic mass is 19.4. The van der Waals surface area contributed by atoms with Crippen molar-refractivity contribution < 1.29 is 36.9 Å². The van der Waals surface area contributed by atoms with E-state index in [1.165, 1.54) is 19.4 Å². The largest absolute Gasteiger partial charge is 0.505 e. The number of benzene rings is 3. The average Bonchev–Trinajstić information content (AvgIpc) is 3.04. The molecule has 0 heterocycles. The number of hydrogen-bond donors (Lipinski definition) is 1. The molecule has 0 bridgehead atoms. The maximum absolute atomic E-state index is 14.1. The molecule has 1 N–H and O–H groups in total. The smallest absolute Gasteiger partial charge is 0.419 e. The zero-order chi connectivity index (χ0) is 32.4. The van der Waals surface area contributed by atoms with Crippen LogP contribution in [-0.2, 0) is 40.0 Å². The van der Waals surface area contributed by atoms with E-state index >= 15 is 0 Å². The van der Waals surface area contributed by atoms with E-state index in [9.17, 15) is 18.0 Å². The molecule has 6 nitrogen and oxygen atoms in total. The Morgan fingerprint density at radius 1 is 0.844 bits per heavy atom. The van der Waals surface area contributed by atoms with Crippen molar-refractivity contribution in [3.05, 3.63) is 113 Å². The molecule has 0 saturated carbocycles. The highest BCUT2D eigenvalue weighted by Gasteiger charge is 2.35. The Morgan fingerprint density at radius 3 is 2.16 bits per heavy atom. The second-order valence-corrected chi connectivity index (χ2v) is 11.0. The van der Waals surface area contributed by atoms with E-state index in [0.717, 1.165) is 42.9 Å². The first kappa shape index (κ1) is 35.5. The van der Waals surface area contributed by atoms with Crippen molar-refractivity contribution in [2.24, 2.45) is 0 Å². The van der Waals surface area contributed by atoms with E-state index in [1.54, 1.807) is 12.1 Å². The predicted octanol–water partition coefficient (Wildman–Crippen LogP) is 9.03. The Morgan fingerprint density at radius 2 is 1.51 bits per heavy atom. The number of unbranched alkanes of at least 4 members (excludes halogenated alkanes) is 4. The number of ether oxygens (including phenoxy) is 4. The number of carbonyl (C=O) groups is 1.